The molecule has 2 rings (SSSR count). The molecule has 0 aliphatic carbocycles. The minimum atomic E-state index is -3.39. The van der Waals surface area contributed by atoms with Crippen LogP contribution in [0.1, 0.15) is 5.56 Å². The van der Waals surface area contributed by atoms with Gasteiger partial charge in [-0.1, -0.05) is 42.5 Å². The van der Waals surface area contributed by atoms with E-state index in [0.717, 1.165) is 11.8 Å². The minimum Gasteiger partial charge on any atom is -0.493 e. The fraction of sp³-hybridized carbons (Fsp3) is 0.316. The zero-order valence-corrected chi connectivity index (χ0v) is 16.2. The number of sulfonamides is 1. The first-order chi connectivity index (χ1) is 12.9. The second-order valence-corrected chi connectivity index (χ2v) is 7.85. The van der Waals surface area contributed by atoms with Crippen molar-refractivity contribution in [3.63, 3.8) is 0 Å². The van der Waals surface area contributed by atoms with Crippen LogP contribution >= 0.6 is 0 Å². The molecule has 0 bridgehead atoms. The smallest absolute Gasteiger partial charge is 0.257 e. The number of hydrogen-bond acceptors (Lipinski definition) is 5. The van der Waals surface area contributed by atoms with Crippen molar-refractivity contribution in [2.75, 3.05) is 33.1 Å². The number of carbonyl (C=O) groups is 1. The third-order valence-corrected chi connectivity index (χ3v) is 5.03. The van der Waals surface area contributed by atoms with E-state index in [2.05, 4.69) is 5.32 Å². The van der Waals surface area contributed by atoms with E-state index in [1.54, 1.807) is 24.3 Å². The Balaban J connectivity index is 1.82. The van der Waals surface area contributed by atoms with Crippen LogP contribution in [0.4, 0.5) is 0 Å². The van der Waals surface area contributed by atoms with E-state index >= 15 is 0 Å². The van der Waals surface area contributed by atoms with E-state index in [0.29, 0.717) is 11.5 Å². The summed E-state index contributed by atoms with van der Waals surface area (Å²) >= 11 is 0. The van der Waals surface area contributed by atoms with Gasteiger partial charge in [-0.15, -0.1) is 0 Å². The molecule has 1 amide bonds. The molecule has 0 radical (unpaired) electrons. The van der Waals surface area contributed by atoms with Gasteiger partial charge in [0.2, 0.25) is 10.0 Å². The van der Waals surface area contributed by atoms with E-state index < -0.39 is 10.0 Å². The van der Waals surface area contributed by atoms with Crippen molar-refractivity contribution in [1.82, 2.24) is 9.62 Å². The summed E-state index contributed by atoms with van der Waals surface area (Å²) in [6.45, 7) is 0.438. The van der Waals surface area contributed by atoms with Crippen LogP contribution in [0.2, 0.25) is 0 Å². The number of nitrogens with one attached hydrogen (secondary N) is 1. The molecule has 0 fully saturated rings. The van der Waals surface area contributed by atoms with Crippen molar-refractivity contribution in [3.8, 4) is 11.5 Å². The molecule has 146 valence electrons. The largest absolute Gasteiger partial charge is 0.493 e. The van der Waals surface area contributed by atoms with E-state index in [-0.39, 0.29) is 32.1 Å². The number of amides is 1. The quantitative estimate of drug-likeness (QED) is 0.665. The topological polar surface area (TPSA) is 84.9 Å². The van der Waals surface area contributed by atoms with Crippen LogP contribution in [0.15, 0.2) is 54.6 Å². The second kappa shape index (κ2) is 9.94. The zero-order chi connectivity index (χ0) is 19.7. The summed E-state index contributed by atoms with van der Waals surface area (Å²) in [5, 5.41) is 2.67. The molecule has 0 atom stereocenters. The Morgan fingerprint density at radius 1 is 1.04 bits per heavy atom. The molecule has 0 spiro atoms. The average molecular weight is 392 g/mol. The van der Waals surface area contributed by atoms with E-state index in [9.17, 15) is 13.2 Å². The maximum Gasteiger partial charge on any atom is 0.257 e. The average Bonchev–Trinajstić information content (AvgIpc) is 2.66. The number of para-hydroxylation sites is 2. The Bertz CT molecular complexity index is 840. The monoisotopic (exact) mass is 392 g/mol. The Labute approximate surface area is 160 Å². The van der Waals surface area contributed by atoms with Gasteiger partial charge >= 0.3 is 0 Å². The molecule has 0 heterocycles. The predicted octanol–water partition coefficient (Wildman–Crippen LogP) is 1.65. The van der Waals surface area contributed by atoms with Crippen LogP contribution in [0, 0.1) is 0 Å². The highest BCUT2D eigenvalue weighted by Crippen LogP contribution is 2.25. The molecule has 27 heavy (non-hydrogen) atoms. The summed E-state index contributed by atoms with van der Waals surface area (Å²) in [6, 6.07) is 16.3. The molecule has 2 aromatic rings. The van der Waals surface area contributed by atoms with Crippen molar-refractivity contribution in [1.29, 1.82) is 0 Å². The van der Waals surface area contributed by atoms with Gasteiger partial charge in [-0.25, -0.2) is 8.42 Å². The van der Waals surface area contributed by atoms with Gasteiger partial charge in [0.15, 0.2) is 18.1 Å². The summed E-state index contributed by atoms with van der Waals surface area (Å²) in [7, 11) is -1.87. The summed E-state index contributed by atoms with van der Waals surface area (Å²) in [4.78, 5) is 12.0. The second-order valence-electron chi connectivity index (χ2n) is 5.87. The van der Waals surface area contributed by atoms with E-state index in [1.165, 1.54) is 11.4 Å². The van der Waals surface area contributed by atoms with Gasteiger partial charge < -0.3 is 14.8 Å². The van der Waals surface area contributed by atoms with Gasteiger partial charge in [0, 0.05) is 19.6 Å². The lowest BCUT2D eigenvalue weighted by atomic mass is 10.2. The molecule has 1 N–H and O–H groups in total. The Morgan fingerprint density at radius 2 is 1.67 bits per heavy atom. The first-order valence-corrected chi connectivity index (χ1v) is 10.3. The molecule has 0 aliphatic heterocycles. The lowest BCUT2D eigenvalue weighted by molar-refractivity contribution is -0.123. The van der Waals surface area contributed by atoms with Crippen molar-refractivity contribution in [2.24, 2.45) is 0 Å². The normalized spacial score (nSPS) is 11.2. The highest BCUT2D eigenvalue weighted by molar-refractivity contribution is 7.88. The highest BCUT2D eigenvalue weighted by atomic mass is 32.2. The van der Waals surface area contributed by atoms with Crippen molar-refractivity contribution in [3.05, 3.63) is 60.2 Å². The van der Waals surface area contributed by atoms with Gasteiger partial charge in [0.1, 0.15) is 0 Å². The van der Waals surface area contributed by atoms with Gasteiger partial charge in [-0.2, -0.15) is 4.31 Å². The molecule has 7 nitrogen and oxygen atoms in total. The summed E-state index contributed by atoms with van der Waals surface area (Å²) in [5.41, 5.74) is 0.883. The molecular weight excluding hydrogens is 368 g/mol. The summed E-state index contributed by atoms with van der Waals surface area (Å²) in [5.74, 6) is 0.669. The van der Waals surface area contributed by atoms with Crippen LogP contribution in [-0.4, -0.2) is 51.7 Å². The maximum atomic E-state index is 12.0. The number of benzene rings is 2. The lowest BCUT2D eigenvalue weighted by Crippen LogP contribution is -2.39. The number of ether oxygens (including phenoxy) is 2. The zero-order valence-electron chi connectivity index (χ0n) is 15.4. The molecule has 8 heteroatoms. The minimum absolute atomic E-state index is 0.175. The number of carbonyl (C=O) groups excluding carboxylic acids is 1. The summed E-state index contributed by atoms with van der Waals surface area (Å²) in [6.07, 6.45) is 1.16. The summed E-state index contributed by atoms with van der Waals surface area (Å²) < 4.78 is 35.9. The molecule has 0 saturated heterocycles. The van der Waals surface area contributed by atoms with E-state index in [4.69, 9.17) is 9.47 Å². The predicted molar refractivity (Wildman–Crippen MR) is 103 cm³/mol. The first kappa shape index (κ1) is 20.7. The Kier molecular flexibility index (Phi) is 7.63. The molecule has 0 aromatic heterocycles. The fourth-order valence-electron chi connectivity index (χ4n) is 2.40. The number of methoxy groups -OCH3 is 1. The standard InChI is InChI=1S/C19H24N2O5S/c1-25-17-10-6-7-11-18(17)26-15-19(22)20-12-13-21(27(2,23)24)14-16-8-4-3-5-9-16/h3-11H,12-15H2,1-2H3,(H,20,22). The van der Waals surface area contributed by atoms with Crippen LogP contribution in [0.3, 0.4) is 0 Å². The van der Waals surface area contributed by atoms with Crippen molar-refractivity contribution >= 4 is 15.9 Å². The molecule has 0 unspecified atom stereocenters. The number of nitrogens with zero attached hydrogens (tertiary/aromatic N) is 1. The van der Waals surface area contributed by atoms with Gasteiger partial charge in [-0.05, 0) is 17.7 Å². The van der Waals surface area contributed by atoms with Crippen LogP contribution < -0.4 is 14.8 Å². The van der Waals surface area contributed by atoms with Crippen molar-refractivity contribution in [2.45, 2.75) is 6.54 Å². The number of hydrogen-bond donors (Lipinski definition) is 1. The van der Waals surface area contributed by atoms with E-state index in [1.807, 2.05) is 30.3 Å². The van der Waals surface area contributed by atoms with Crippen LogP contribution in [0.5, 0.6) is 11.5 Å². The van der Waals surface area contributed by atoms with Gasteiger partial charge in [0.25, 0.3) is 5.91 Å². The highest BCUT2D eigenvalue weighted by Gasteiger charge is 2.17. The van der Waals surface area contributed by atoms with Gasteiger partial charge in [0.05, 0.1) is 13.4 Å². The maximum absolute atomic E-state index is 12.0. The van der Waals surface area contributed by atoms with Gasteiger partial charge in [-0.3, -0.25) is 4.79 Å². The molecule has 0 aliphatic rings. The SMILES string of the molecule is COc1ccccc1OCC(=O)NCCN(Cc1ccccc1)S(C)(=O)=O. The molecule has 0 saturated carbocycles. The molecular formula is C19H24N2O5S. The van der Waals surface area contributed by atoms with Crippen molar-refractivity contribution < 1.29 is 22.7 Å². The fourth-order valence-corrected chi connectivity index (χ4v) is 3.21. The van der Waals surface area contributed by atoms with Crippen LogP contribution in [-0.2, 0) is 21.4 Å². The third kappa shape index (κ3) is 6.92. The lowest BCUT2D eigenvalue weighted by Gasteiger charge is -2.20. The first-order valence-electron chi connectivity index (χ1n) is 8.41. The number of rotatable bonds is 10. The third-order valence-electron chi connectivity index (χ3n) is 3.78. The Hall–Kier alpha value is -2.58. The Morgan fingerprint density at radius 3 is 2.30 bits per heavy atom. The molecule has 2 aromatic carbocycles. The van der Waals surface area contributed by atoms with Crippen LogP contribution in [0.25, 0.3) is 0 Å².